The molecule has 1 aromatic carbocycles. The smallest absolute Gasteiger partial charge is 0.251 e. The van der Waals surface area contributed by atoms with Gasteiger partial charge in [-0.1, -0.05) is 0 Å². The fraction of sp³-hybridized carbons (Fsp3) is 0.429. The van der Waals surface area contributed by atoms with Gasteiger partial charge < -0.3 is 15.3 Å². The van der Waals surface area contributed by atoms with Crippen molar-refractivity contribution in [1.29, 1.82) is 0 Å². The second-order valence-corrected chi connectivity index (χ2v) is 4.79. The molecule has 2 N–H and O–H groups in total. The zero-order chi connectivity index (χ0) is 16.0. The molecular formula is C14H18F2N2O3. The molecule has 0 aliphatic rings. The lowest BCUT2D eigenvalue weighted by atomic mass is 10.2. The molecule has 0 bridgehead atoms. The molecule has 0 saturated carbocycles. The number of nitrogens with one attached hydrogen (secondary N) is 1. The largest absolute Gasteiger partial charge is 0.393 e. The maximum absolute atomic E-state index is 13.0. The average Bonchev–Trinajstić information content (AvgIpc) is 2.40. The van der Waals surface area contributed by atoms with E-state index in [-0.39, 0.29) is 18.0 Å². The van der Waals surface area contributed by atoms with Crippen LogP contribution < -0.4 is 5.32 Å². The van der Waals surface area contributed by atoms with Gasteiger partial charge in [0.15, 0.2) is 0 Å². The fourth-order valence-electron chi connectivity index (χ4n) is 1.58. The van der Waals surface area contributed by atoms with E-state index >= 15 is 0 Å². The number of likely N-dealkylation sites (N-methyl/N-ethyl adjacent to an activating group) is 1. The minimum Gasteiger partial charge on any atom is -0.393 e. The summed E-state index contributed by atoms with van der Waals surface area (Å²) in [6.45, 7) is 1.67. The Balaban J connectivity index is 2.50. The predicted molar refractivity (Wildman–Crippen MR) is 72.6 cm³/mol. The molecule has 7 heteroatoms. The highest BCUT2D eigenvalue weighted by Crippen LogP contribution is 2.07. The van der Waals surface area contributed by atoms with E-state index in [0.29, 0.717) is 19.0 Å². The van der Waals surface area contributed by atoms with E-state index in [9.17, 15) is 18.4 Å². The SMILES string of the molecule is CC(O)CCN(C)C(=O)CNC(=O)c1cc(F)cc(F)c1. The Morgan fingerprint density at radius 2 is 1.86 bits per heavy atom. The predicted octanol–water partition coefficient (Wildman–Crippen LogP) is 0.924. The first-order valence-corrected chi connectivity index (χ1v) is 6.46. The third-order valence-electron chi connectivity index (χ3n) is 2.83. The molecule has 1 rings (SSSR count). The summed E-state index contributed by atoms with van der Waals surface area (Å²) in [5.74, 6) is -2.81. The molecule has 0 aliphatic carbocycles. The Bertz CT molecular complexity index is 501. The van der Waals surface area contributed by atoms with Gasteiger partial charge in [-0.15, -0.1) is 0 Å². The van der Waals surface area contributed by atoms with Crippen LogP contribution in [0.4, 0.5) is 8.78 Å². The van der Waals surface area contributed by atoms with Gasteiger partial charge in [-0.2, -0.15) is 0 Å². The van der Waals surface area contributed by atoms with Gasteiger partial charge in [-0.25, -0.2) is 8.78 Å². The summed E-state index contributed by atoms with van der Waals surface area (Å²) in [7, 11) is 1.54. The first-order valence-electron chi connectivity index (χ1n) is 6.46. The van der Waals surface area contributed by atoms with E-state index in [0.717, 1.165) is 12.1 Å². The van der Waals surface area contributed by atoms with E-state index in [2.05, 4.69) is 5.32 Å². The Morgan fingerprint density at radius 1 is 1.29 bits per heavy atom. The molecule has 0 radical (unpaired) electrons. The molecular weight excluding hydrogens is 282 g/mol. The van der Waals surface area contributed by atoms with E-state index < -0.39 is 23.6 Å². The van der Waals surface area contributed by atoms with Crippen LogP contribution in [0.15, 0.2) is 18.2 Å². The number of carbonyl (C=O) groups is 2. The molecule has 0 aliphatic heterocycles. The molecule has 0 saturated heterocycles. The number of rotatable bonds is 6. The van der Waals surface area contributed by atoms with Crippen LogP contribution in [0.3, 0.4) is 0 Å². The molecule has 0 spiro atoms. The first-order chi connectivity index (χ1) is 9.79. The third kappa shape index (κ3) is 5.86. The Hall–Kier alpha value is -2.02. The molecule has 5 nitrogen and oxygen atoms in total. The number of amides is 2. The maximum Gasteiger partial charge on any atom is 0.251 e. The van der Waals surface area contributed by atoms with Crippen LogP contribution >= 0.6 is 0 Å². The average molecular weight is 300 g/mol. The number of hydrogen-bond donors (Lipinski definition) is 2. The molecule has 2 amide bonds. The van der Waals surface area contributed by atoms with Crippen molar-refractivity contribution in [2.75, 3.05) is 20.1 Å². The number of aliphatic hydroxyl groups is 1. The van der Waals surface area contributed by atoms with Crippen molar-refractivity contribution in [3.8, 4) is 0 Å². The normalized spacial score (nSPS) is 11.9. The molecule has 21 heavy (non-hydrogen) atoms. The van der Waals surface area contributed by atoms with Crippen molar-refractivity contribution >= 4 is 11.8 Å². The summed E-state index contributed by atoms with van der Waals surface area (Å²) in [5, 5.41) is 11.4. The van der Waals surface area contributed by atoms with E-state index in [1.165, 1.54) is 4.90 Å². The Labute approximate surface area is 121 Å². The number of aliphatic hydroxyl groups excluding tert-OH is 1. The van der Waals surface area contributed by atoms with Crippen molar-refractivity contribution in [3.63, 3.8) is 0 Å². The maximum atomic E-state index is 13.0. The van der Waals surface area contributed by atoms with E-state index in [4.69, 9.17) is 5.11 Å². The van der Waals surface area contributed by atoms with Gasteiger partial charge in [0.1, 0.15) is 11.6 Å². The lowest BCUT2D eigenvalue weighted by molar-refractivity contribution is -0.129. The number of carbonyl (C=O) groups excluding carboxylic acids is 2. The lowest BCUT2D eigenvalue weighted by Gasteiger charge is -2.18. The van der Waals surface area contributed by atoms with Crippen molar-refractivity contribution in [3.05, 3.63) is 35.4 Å². The van der Waals surface area contributed by atoms with Crippen LogP contribution in [0.5, 0.6) is 0 Å². The van der Waals surface area contributed by atoms with Crippen LogP contribution in [-0.4, -0.2) is 48.1 Å². The number of hydrogen-bond acceptors (Lipinski definition) is 3. The minimum atomic E-state index is -0.861. The molecule has 0 fully saturated rings. The standard InChI is InChI=1S/C14H18F2N2O3/c1-9(19)3-4-18(2)13(20)8-17-14(21)10-5-11(15)7-12(16)6-10/h5-7,9,19H,3-4,8H2,1-2H3,(H,17,21). The molecule has 1 aromatic rings. The summed E-state index contributed by atoms with van der Waals surface area (Å²) in [5.41, 5.74) is -0.188. The second kappa shape index (κ2) is 7.68. The topological polar surface area (TPSA) is 69.6 Å². The van der Waals surface area contributed by atoms with Gasteiger partial charge in [0, 0.05) is 25.2 Å². The lowest BCUT2D eigenvalue weighted by Crippen LogP contribution is -2.39. The van der Waals surface area contributed by atoms with Gasteiger partial charge in [-0.05, 0) is 25.5 Å². The minimum absolute atomic E-state index is 0.188. The summed E-state index contributed by atoms with van der Waals surface area (Å²) < 4.78 is 25.9. The summed E-state index contributed by atoms with van der Waals surface area (Å²) in [4.78, 5) is 24.8. The van der Waals surface area contributed by atoms with Crippen LogP contribution in [0.1, 0.15) is 23.7 Å². The van der Waals surface area contributed by atoms with Crippen molar-refractivity contribution in [1.82, 2.24) is 10.2 Å². The van der Waals surface area contributed by atoms with E-state index in [1.54, 1.807) is 14.0 Å². The highest BCUT2D eigenvalue weighted by molar-refractivity contribution is 5.96. The van der Waals surface area contributed by atoms with Crippen LogP contribution in [0.25, 0.3) is 0 Å². The van der Waals surface area contributed by atoms with E-state index in [1.807, 2.05) is 0 Å². The van der Waals surface area contributed by atoms with Gasteiger partial charge in [-0.3, -0.25) is 9.59 Å². The Kier molecular flexibility index (Phi) is 6.23. The summed E-state index contributed by atoms with van der Waals surface area (Å²) >= 11 is 0. The molecule has 0 heterocycles. The molecule has 116 valence electrons. The molecule has 1 unspecified atom stereocenters. The van der Waals surface area contributed by atoms with Gasteiger partial charge >= 0.3 is 0 Å². The van der Waals surface area contributed by atoms with Gasteiger partial charge in [0.05, 0.1) is 12.6 Å². The van der Waals surface area contributed by atoms with Gasteiger partial charge in [0.25, 0.3) is 5.91 Å². The fourth-order valence-corrected chi connectivity index (χ4v) is 1.58. The second-order valence-electron chi connectivity index (χ2n) is 4.79. The summed E-state index contributed by atoms with van der Waals surface area (Å²) in [6.07, 6.45) is -0.101. The molecule has 0 aromatic heterocycles. The highest BCUT2D eigenvalue weighted by atomic mass is 19.1. The monoisotopic (exact) mass is 300 g/mol. The van der Waals surface area contributed by atoms with Crippen molar-refractivity contribution in [2.24, 2.45) is 0 Å². The van der Waals surface area contributed by atoms with Crippen molar-refractivity contribution in [2.45, 2.75) is 19.4 Å². The number of nitrogens with zero attached hydrogens (tertiary/aromatic N) is 1. The van der Waals surface area contributed by atoms with Crippen LogP contribution in [0, 0.1) is 11.6 Å². The highest BCUT2D eigenvalue weighted by Gasteiger charge is 2.13. The number of benzene rings is 1. The third-order valence-corrected chi connectivity index (χ3v) is 2.83. The van der Waals surface area contributed by atoms with Gasteiger partial charge in [0.2, 0.25) is 5.91 Å². The van der Waals surface area contributed by atoms with Crippen LogP contribution in [0.2, 0.25) is 0 Å². The zero-order valence-corrected chi connectivity index (χ0v) is 11.9. The number of halogens is 2. The zero-order valence-electron chi connectivity index (χ0n) is 11.9. The first kappa shape index (κ1) is 17.0. The summed E-state index contributed by atoms with van der Waals surface area (Å²) in [6, 6.07) is 2.44. The van der Waals surface area contributed by atoms with Crippen LogP contribution in [-0.2, 0) is 4.79 Å². The molecule has 1 atom stereocenters. The van der Waals surface area contributed by atoms with Crippen molar-refractivity contribution < 1.29 is 23.5 Å². The Morgan fingerprint density at radius 3 is 2.38 bits per heavy atom. The quantitative estimate of drug-likeness (QED) is 0.821.